The van der Waals surface area contributed by atoms with Gasteiger partial charge in [-0.3, -0.25) is 4.79 Å². The summed E-state index contributed by atoms with van der Waals surface area (Å²) in [5.74, 6) is -1.78. The van der Waals surface area contributed by atoms with E-state index in [4.69, 9.17) is 20.8 Å². The molecule has 1 aromatic heterocycles. The van der Waals surface area contributed by atoms with E-state index in [-0.39, 0.29) is 5.02 Å². The molecule has 0 unspecified atom stereocenters. The second-order valence-corrected chi connectivity index (χ2v) is 6.06. The van der Waals surface area contributed by atoms with Gasteiger partial charge in [-0.1, -0.05) is 35.9 Å². The predicted molar refractivity (Wildman–Crippen MR) is 94.5 cm³/mol. The highest BCUT2D eigenvalue weighted by atomic mass is 35.5. The van der Waals surface area contributed by atoms with Gasteiger partial charge in [0.2, 0.25) is 0 Å². The predicted octanol–water partition coefficient (Wildman–Crippen LogP) is 4.26. The Hall–Kier alpha value is -2.86. The molecule has 0 fully saturated rings. The number of halogens is 2. The van der Waals surface area contributed by atoms with Crippen molar-refractivity contribution < 1.29 is 23.1 Å². The van der Waals surface area contributed by atoms with Crippen LogP contribution < -0.4 is 5.32 Å². The molecule has 0 radical (unpaired) electrons. The number of hydrogen-bond donors (Lipinski definition) is 1. The number of rotatable bonds is 5. The maximum absolute atomic E-state index is 13.7. The fourth-order valence-electron chi connectivity index (χ4n) is 2.47. The molecule has 3 aromatic rings. The lowest BCUT2D eigenvalue weighted by Gasteiger charge is -2.12. The van der Waals surface area contributed by atoms with Gasteiger partial charge in [-0.2, -0.15) is 0 Å². The summed E-state index contributed by atoms with van der Waals surface area (Å²) in [6.45, 7) is 1.18. The molecule has 1 atom stereocenters. The molecule has 0 saturated carbocycles. The summed E-state index contributed by atoms with van der Waals surface area (Å²) in [5.41, 5.74) is 0.316. The molecular formula is C19H15ClFNO4. The number of fused-ring (bicyclic) bond motifs is 1. The van der Waals surface area contributed by atoms with E-state index in [1.54, 1.807) is 6.92 Å². The van der Waals surface area contributed by atoms with Crippen LogP contribution in [0.2, 0.25) is 5.02 Å². The Morgan fingerprint density at radius 3 is 2.73 bits per heavy atom. The van der Waals surface area contributed by atoms with Gasteiger partial charge in [0, 0.05) is 5.39 Å². The molecule has 1 heterocycles. The zero-order valence-corrected chi connectivity index (χ0v) is 14.5. The molecule has 26 heavy (non-hydrogen) atoms. The molecule has 1 N–H and O–H groups in total. The monoisotopic (exact) mass is 375 g/mol. The van der Waals surface area contributed by atoms with Gasteiger partial charge in [0.15, 0.2) is 6.61 Å². The highest BCUT2D eigenvalue weighted by Gasteiger charge is 2.20. The van der Waals surface area contributed by atoms with Crippen LogP contribution in [0.4, 0.5) is 4.39 Å². The van der Waals surface area contributed by atoms with E-state index in [9.17, 15) is 14.0 Å². The maximum Gasteiger partial charge on any atom is 0.343 e. The minimum Gasteiger partial charge on any atom is -0.459 e. The molecule has 0 aliphatic rings. The Balaban J connectivity index is 1.59. The second-order valence-electron chi connectivity index (χ2n) is 5.65. The molecular weight excluding hydrogens is 361 g/mol. The second kappa shape index (κ2) is 7.58. The molecule has 0 aliphatic heterocycles. The maximum atomic E-state index is 13.7. The lowest BCUT2D eigenvalue weighted by atomic mass is 10.2. The summed E-state index contributed by atoms with van der Waals surface area (Å²) in [4.78, 5) is 23.9. The van der Waals surface area contributed by atoms with Crippen LogP contribution in [-0.2, 0) is 9.53 Å². The van der Waals surface area contributed by atoms with Crippen molar-refractivity contribution >= 4 is 34.4 Å². The van der Waals surface area contributed by atoms with E-state index < -0.39 is 35.9 Å². The van der Waals surface area contributed by atoms with E-state index in [1.165, 1.54) is 12.1 Å². The third kappa shape index (κ3) is 3.86. The lowest BCUT2D eigenvalue weighted by molar-refractivity contribution is -0.125. The summed E-state index contributed by atoms with van der Waals surface area (Å²) in [7, 11) is 0. The smallest absolute Gasteiger partial charge is 0.343 e. The van der Waals surface area contributed by atoms with Gasteiger partial charge in [0.05, 0.1) is 11.1 Å². The Bertz CT molecular complexity index is 916. The molecule has 5 nitrogen and oxygen atoms in total. The van der Waals surface area contributed by atoms with Crippen molar-refractivity contribution in [3.63, 3.8) is 0 Å². The first kappa shape index (κ1) is 17.9. The standard InChI is InChI=1S/C19H15ClFNO4/c1-11(16-9-12-5-2-3-8-15(12)26-16)22-17(23)10-25-19(24)18-13(20)6-4-7-14(18)21/h2-9,11H,10H2,1H3,(H,22,23)/t11-/m1/s1. The molecule has 1 amide bonds. The summed E-state index contributed by atoms with van der Waals surface area (Å²) >= 11 is 5.79. The van der Waals surface area contributed by atoms with Gasteiger partial charge in [0.1, 0.15) is 22.7 Å². The largest absolute Gasteiger partial charge is 0.459 e. The van der Waals surface area contributed by atoms with Crippen molar-refractivity contribution in [1.29, 1.82) is 0 Å². The molecule has 0 saturated heterocycles. The van der Waals surface area contributed by atoms with Crippen molar-refractivity contribution in [2.75, 3.05) is 6.61 Å². The van der Waals surface area contributed by atoms with Gasteiger partial charge in [-0.05, 0) is 31.2 Å². The first-order valence-corrected chi connectivity index (χ1v) is 8.22. The summed E-state index contributed by atoms with van der Waals surface area (Å²) in [5, 5.41) is 3.50. The molecule has 0 aliphatic carbocycles. The molecule has 0 bridgehead atoms. The summed E-state index contributed by atoms with van der Waals surface area (Å²) < 4.78 is 24.2. The minimum atomic E-state index is -1.00. The van der Waals surface area contributed by atoms with E-state index in [0.717, 1.165) is 11.5 Å². The molecule has 2 aromatic carbocycles. The fourth-order valence-corrected chi connectivity index (χ4v) is 2.71. The molecule has 0 spiro atoms. The van der Waals surface area contributed by atoms with Gasteiger partial charge in [0.25, 0.3) is 5.91 Å². The zero-order valence-electron chi connectivity index (χ0n) is 13.8. The van der Waals surface area contributed by atoms with Crippen molar-refractivity contribution in [1.82, 2.24) is 5.32 Å². The highest BCUT2D eigenvalue weighted by molar-refractivity contribution is 6.33. The van der Waals surface area contributed by atoms with Gasteiger partial charge >= 0.3 is 5.97 Å². The normalized spacial score (nSPS) is 12.0. The molecule has 7 heteroatoms. The van der Waals surface area contributed by atoms with E-state index in [0.29, 0.717) is 11.3 Å². The Morgan fingerprint density at radius 2 is 2.00 bits per heavy atom. The van der Waals surface area contributed by atoms with Crippen LogP contribution >= 0.6 is 11.6 Å². The van der Waals surface area contributed by atoms with Crippen molar-refractivity contribution in [2.45, 2.75) is 13.0 Å². The van der Waals surface area contributed by atoms with Gasteiger partial charge in [-0.25, -0.2) is 9.18 Å². The molecule has 134 valence electrons. The van der Waals surface area contributed by atoms with Crippen LogP contribution in [0.5, 0.6) is 0 Å². The Labute approximate surface area is 153 Å². The number of nitrogens with one attached hydrogen (secondary N) is 1. The zero-order chi connectivity index (χ0) is 18.7. The quantitative estimate of drug-likeness (QED) is 0.676. The third-order valence-electron chi connectivity index (χ3n) is 3.75. The number of carbonyl (C=O) groups is 2. The summed E-state index contributed by atoms with van der Waals surface area (Å²) in [6.07, 6.45) is 0. The number of carbonyl (C=O) groups excluding carboxylic acids is 2. The number of hydrogen-bond acceptors (Lipinski definition) is 4. The van der Waals surface area contributed by atoms with Crippen LogP contribution in [0.3, 0.4) is 0 Å². The van der Waals surface area contributed by atoms with Crippen molar-refractivity contribution in [3.05, 3.63) is 70.7 Å². The van der Waals surface area contributed by atoms with Crippen LogP contribution in [0.1, 0.15) is 29.1 Å². The number of esters is 1. The highest BCUT2D eigenvalue weighted by Crippen LogP contribution is 2.23. The number of benzene rings is 2. The number of amides is 1. The molecule has 3 rings (SSSR count). The van der Waals surface area contributed by atoms with E-state index in [1.807, 2.05) is 30.3 Å². The minimum absolute atomic E-state index is 0.0777. The SMILES string of the molecule is C[C@@H](NC(=O)COC(=O)c1c(F)cccc1Cl)c1cc2ccccc2o1. The first-order chi connectivity index (χ1) is 12.5. The van der Waals surface area contributed by atoms with E-state index in [2.05, 4.69) is 5.32 Å². The van der Waals surface area contributed by atoms with Crippen molar-refractivity contribution in [2.24, 2.45) is 0 Å². The number of para-hydroxylation sites is 1. The van der Waals surface area contributed by atoms with Gasteiger partial charge < -0.3 is 14.5 Å². The topological polar surface area (TPSA) is 68.5 Å². The van der Waals surface area contributed by atoms with Crippen LogP contribution in [-0.4, -0.2) is 18.5 Å². The van der Waals surface area contributed by atoms with Crippen LogP contribution in [0.15, 0.2) is 52.9 Å². The lowest BCUT2D eigenvalue weighted by Crippen LogP contribution is -2.31. The third-order valence-corrected chi connectivity index (χ3v) is 4.07. The summed E-state index contributed by atoms with van der Waals surface area (Å²) in [6, 6.07) is 12.7. The number of ether oxygens (including phenoxy) is 1. The first-order valence-electron chi connectivity index (χ1n) is 7.84. The Morgan fingerprint density at radius 1 is 1.23 bits per heavy atom. The van der Waals surface area contributed by atoms with Crippen LogP contribution in [0.25, 0.3) is 11.0 Å². The average molecular weight is 376 g/mol. The fraction of sp³-hybridized carbons (Fsp3) is 0.158. The van der Waals surface area contributed by atoms with E-state index >= 15 is 0 Å². The average Bonchev–Trinajstić information content (AvgIpc) is 3.04. The van der Waals surface area contributed by atoms with Gasteiger partial charge in [-0.15, -0.1) is 0 Å². The Kier molecular flexibility index (Phi) is 5.23. The van der Waals surface area contributed by atoms with Crippen molar-refractivity contribution in [3.8, 4) is 0 Å². The number of furan rings is 1. The van der Waals surface area contributed by atoms with Crippen LogP contribution in [0, 0.1) is 5.82 Å².